The van der Waals surface area contributed by atoms with Gasteiger partial charge < -0.3 is 0 Å². The highest BCUT2D eigenvalue weighted by atomic mass is 79.9. The summed E-state index contributed by atoms with van der Waals surface area (Å²) in [6.07, 6.45) is 3.99. The standard InChI is InChI=1S/C7H8Br2N2O/c8-2-1-3-11-5-10-4-6(9)7(11)12/h4-5H,1-3H2. The van der Waals surface area contributed by atoms with Crippen molar-refractivity contribution < 1.29 is 0 Å². The molecule has 12 heavy (non-hydrogen) atoms. The lowest BCUT2D eigenvalue weighted by atomic mass is 10.5. The summed E-state index contributed by atoms with van der Waals surface area (Å²) >= 11 is 6.43. The first-order valence-electron chi connectivity index (χ1n) is 3.51. The second-order valence-electron chi connectivity index (χ2n) is 2.28. The van der Waals surface area contributed by atoms with E-state index in [2.05, 4.69) is 36.8 Å². The Morgan fingerprint density at radius 1 is 1.58 bits per heavy atom. The zero-order chi connectivity index (χ0) is 8.97. The monoisotopic (exact) mass is 294 g/mol. The number of alkyl halides is 1. The summed E-state index contributed by atoms with van der Waals surface area (Å²) in [6, 6.07) is 0. The van der Waals surface area contributed by atoms with E-state index in [9.17, 15) is 4.79 Å². The zero-order valence-electron chi connectivity index (χ0n) is 6.33. The molecule has 0 saturated heterocycles. The van der Waals surface area contributed by atoms with Gasteiger partial charge >= 0.3 is 0 Å². The molecule has 66 valence electrons. The molecule has 0 aliphatic rings. The lowest BCUT2D eigenvalue weighted by Gasteiger charge is -2.02. The van der Waals surface area contributed by atoms with Crippen molar-refractivity contribution in [2.24, 2.45) is 0 Å². The van der Waals surface area contributed by atoms with Crippen LogP contribution in [-0.4, -0.2) is 14.9 Å². The van der Waals surface area contributed by atoms with Gasteiger partial charge in [-0.3, -0.25) is 9.36 Å². The summed E-state index contributed by atoms with van der Waals surface area (Å²) in [5, 5.41) is 0.895. The van der Waals surface area contributed by atoms with Crippen molar-refractivity contribution in [3.05, 3.63) is 27.4 Å². The third-order valence-electron chi connectivity index (χ3n) is 1.39. The number of halogens is 2. The highest BCUT2D eigenvalue weighted by Crippen LogP contribution is 1.99. The molecule has 0 fully saturated rings. The van der Waals surface area contributed by atoms with E-state index in [0.717, 1.165) is 11.8 Å². The number of aromatic nitrogens is 2. The molecule has 0 radical (unpaired) electrons. The first-order chi connectivity index (χ1) is 5.75. The van der Waals surface area contributed by atoms with E-state index in [1.54, 1.807) is 10.9 Å². The lowest BCUT2D eigenvalue weighted by molar-refractivity contribution is 0.643. The first-order valence-corrected chi connectivity index (χ1v) is 5.43. The summed E-state index contributed by atoms with van der Waals surface area (Å²) in [5.74, 6) is 0. The topological polar surface area (TPSA) is 34.9 Å². The molecule has 0 amide bonds. The maximum atomic E-state index is 11.3. The Balaban J connectivity index is 2.85. The quantitative estimate of drug-likeness (QED) is 0.797. The predicted molar refractivity (Wildman–Crippen MR) is 54.6 cm³/mol. The van der Waals surface area contributed by atoms with Gasteiger partial charge in [-0.05, 0) is 22.4 Å². The molecule has 1 aromatic heterocycles. The molecule has 0 aromatic carbocycles. The van der Waals surface area contributed by atoms with Crippen LogP contribution in [0.5, 0.6) is 0 Å². The Morgan fingerprint density at radius 3 is 3.00 bits per heavy atom. The Hall–Kier alpha value is -0.160. The Morgan fingerprint density at radius 2 is 2.33 bits per heavy atom. The number of hydrogen-bond donors (Lipinski definition) is 0. The number of rotatable bonds is 3. The van der Waals surface area contributed by atoms with Crippen molar-refractivity contribution in [3.63, 3.8) is 0 Å². The Kier molecular flexibility index (Phi) is 3.94. The Labute approximate surface area is 87.1 Å². The number of aryl methyl sites for hydroxylation is 1. The predicted octanol–water partition coefficient (Wildman–Crippen LogP) is 1.79. The summed E-state index contributed by atoms with van der Waals surface area (Å²) in [7, 11) is 0. The average Bonchev–Trinajstić information content (AvgIpc) is 2.08. The van der Waals surface area contributed by atoms with E-state index in [-0.39, 0.29) is 5.56 Å². The minimum Gasteiger partial charge on any atom is -0.298 e. The number of hydrogen-bond acceptors (Lipinski definition) is 2. The van der Waals surface area contributed by atoms with Crippen LogP contribution in [0.1, 0.15) is 6.42 Å². The van der Waals surface area contributed by atoms with Crippen molar-refractivity contribution in [2.45, 2.75) is 13.0 Å². The van der Waals surface area contributed by atoms with Crippen molar-refractivity contribution in [2.75, 3.05) is 5.33 Å². The van der Waals surface area contributed by atoms with Crippen LogP contribution in [0.3, 0.4) is 0 Å². The van der Waals surface area contributed by atoms with Crippen LogP contribution in [-0.2, 0) is 6.54 Å². The molecule has 0 bridgehead atoms. The summed E-state index contributed by atoms with van der Waals surface area (Å²) in [4.78, 5) is 15.2. The maximum absolute atomic E-state index is 11.3. The molecule has 0 aliphatic carbocycles. The molecule has 0 unspecified atom stereocenters. The van der Waals surface area contributed by atoms with Crippen LogP contribution in [0, 0.1) is 0 Å². The molecule has 0 saturated carbocycles. The lowest BCUT2D eigenvalue weighted by Crippen LogP contribution is -2.20. The van der Waals surface area contributed by atoms with Crippen molar-refractivity contribution in [3.8, 4) is 0 Å². The third kappa shape index (κ3) is 2.42. The van der Waals surface area contributed by atoms with Gasteiger partial charge in [-0.25, -0.2) is 4.98 Å². The van der Waals surface area contributed by atoms with E-state index in [4.69, 9.17) is 0 Å². The molecule has 0 aliphatic heterocycles. The SMILES string of the molecule is O=c1c(Br)cncn1CCCBr. The van der Waals surface area contributed by atoms with E-state index in [1.807, 2.05) is 0 Å². The van der Waals surface area contributed by atoms with Crippen LogP contribution in [0.2, 0.25) is 0 Å². The molecular formula is C7H8Br2N2O. The highest BCUT2D eigenvalue weighted by Gasteiger charge is 1.98. The molecule has 1 aromatic rings. The van der Waals surface area contributed by atoms with Gasteiger partial charge in [-0.2, -0.15) is 0 Å². The fraction of sp³-hybridized carbons (Fsp3) is 0.429. The van der Waals surface area contributed by atoms with E-state index < -0.39 is 0 Å². The second kappa shape index (κ2) is 4.77. The van der Waals surface area contributed by atoms with E-state index in [0.29, 0.717) is 11.0 Å². The molecule has 0 spiro atoms. The Bertz CT molecular complexity index is 311. The summed E-state index contributed by atoms with van der Waals surface area (Å²) < 4.78 is 2.10. The minimum atomic E-state index is -0.0223. The molecule has 0 atom stereocenters. The number of nitrogens with zero attached hydrogens (tertiary/aromatic N) is 2. The van der Waals surface area contributed by atoms with Crippen LogP contribution in [0.4, 0.5) is 0 Å². The highest BCUT2D eigenvalue weighted by molar-refractivity contribution is 9.10. The van der Waals surface area contributed by atoms with Crippen LogP contribution < -0.4 is 5.56 Å². The molecule has 1 rings (SSSR count). The average molecular weight is 296 g/mol. The van der Waals surface area contributed by atoms with Crippen LogP contribution in [0.25, 0.3) is 0 Å². The fourth-order valence-electron chi connectivity index (χ4n) is 0.813. The summed E-state index contributed by atoms with van der Waals surface area (Å²) in [6.45, 7) is 0.705. The van der Waals surface area contributed by atoms with E-state index in [1.165, 1.54) is 6.20 Å². The van der Waals surface area contributed by atoms with E-state index >= 15 is 0 Å². The van der Waals surface area contributed by atoms with Gasteiger partial charge in [0.05, 0.1) is 6.33 Å². The normalized spacial score (nSPS) is 10.2. The van der Waals surface area contributed by atoms with Crippen molar-refractivity contribution >= 4 is 31.9 Å². The smallest absolute Gasteiger partial charge is 0.267 e. The third-order valence-corrected chi connectivity index (χ3v) is 2.50. The minimum absolute atomic E-state index is 0.0223. The van der Waals surface area contributed by atoms with Crippen molar-refractivity contribution in [1.29, 1.82) is 0 Å². The molecule has 1 heterocycles. The molecule has 5 heteroatoms. The van der Waals surface area contributed by atoms with Crippen LogP contribution in [0.15, 0.2) is 21.8 Å². The fourth-order valence-corrected chi connectivity index (χ4v) is 1.41. The van der Waals surface area contributed by atoms with Gasteiger partial charge in [0, 0.05) is 18.1 Å². The zero-order valence-corrected chi connectivity index (χ0v) is 9.51. The van der Waals surface area contributed by atoms with Gasteiger partial charge in [0.25, 0.3) is 5.56 Å². The van der Waals surface area contributed by atoms with Gasteiger partial charge in [0.2, 0.25) is 0 Å². The van der Waals surface area contributed by atoms with Crippen molar-refractivity contribution in [1.82, 2.24) is 9.55 Å². The first kappa shape index (κ1) is 9.92. The largest absolute Gasteiger partial charge is 0.298 e. The molecule has 0 N–H and O–H groups in total. The second-order valence-corrected chi connectivity index (χ2v) is 3.93. The molecular weight excluding hydrogens is 288 g/mol. The van der Waals surface area contributed by atoms with Gasteiger partial charge in [0.15, 0.2) is 0 Å². The van der Waals surface area contributed by atoms with Gasteiger partial charge in [0.1, 0.15) is 4.47 Å². The van der Waals surface area contributed by atoms with Crippen LogP contribution >= 0.6 is 31.9 Å². The van der Waals surface area contributed by atoms with Gasteiger partial charge in [-0.1, -0.05) is 15.9 Å². The maximum Gasteiger partial charge on any atom is 0.267 e. The summed E-state index contributed by atoms with van der Waals surface area (Å²) in [5.41, 5.74) is -0.0223. The van der Waals surface area contributed by atoms with Gasteiger partial charge in [-0.15, -0.1) is 0 Å². The molecule has 3 nitrogen and oxygen atoms in total.